The van der Waals surface area contributed by atoms with Crippen molar-refractivity contribution in [2.24, 2.45) is 11.8 Å². The highest BCUT2D eigenvalue weighted by Gasteiger charge is 2.37. The molecule has 32 heavy (non-hydrogen) atoms. The summed E-state index contributed by atoms with van der Waals surface area (Å²) in [7, 11) is 0. The molecule has 0 saturated heterocycles. The zero-order valence-electron chi connectivity index (χ0n) is 18.4. The predicted octanol–water partition coefficient (Wildman–Crippen LogP) is 2.98. The van der Waals surface area contributed by atoms with Crippen molar-refractivity contribution >= 4 is 28.8 Å². The highest BCUT2D eigenvalue weighted by Crippen LogP contribution is 2.38. The molecule has 0 spiro atoms. The van der Waals surface area contributed by atoms with Crippen LogP contribution >= 0.6 is 11.9 Å². The lowest BCUT2D eigenvalue weighted by molar-refractivity contribution is -0.116. The van der Waals surface area contributed by atoms with E-state index in [9.17, 15) is 14.4 Å². The van der Waals surface area contributed by atoms with Gasteiger partial charge in [-0.2, -0.15) is 0 Å². The number of amides is 1. The van der Waals surface area contributed by atoms with Crippen LogP contribution in [0.1, 0.15) is 51.5 Å². The fraction of sp³-hybridized carbons (Fsp3) is 0.542. The van der Waals surface area contributed by atoms with Crippen LogP contribution in [0.3, 0.4) is 0 Å². The second kappa shape index (κ2) is 8.23. The molecule has 3 aliphatic rings. The Morgan fingerprint density at radius 2 is 2.00 bits per heavy atom. The van der Waals surface area contributed by atoms with Gasteiger partial charge in [-0.3, -0.25) is 23.4 Å². The van der Waals surface area contributed by atoms with Gasteiger partial charge in [0.15, 0.2) is 0 Å². The lowest BCUT2D eigenvalue weighted by atomic mass is 9.80. The van der Waals surface area contributed by atoms with E-state index in [0.717, 1.165) is 48.9 Å². The summed E-state index contributed by atoms with van der Waals surface area (Å²) in [4.78, 5) is 39.3. The van der Waals surface area contributed by atoms with Gasteiger partial charge < -0.3 is 5.32 Å². The van der Waals surface area contributed by atoms with Crippen molar-refractivity contribution in [3.05, 3.63) is 51.7 Å². The first kappa shape index (κ1) is 21.5. The molecule has 1 aromatic carbocycles. The standard InChI is InChI=1S/C24H30N4O3S/c1-3-21(29)25-13-16-10-17(11-16)28-22(30)19-12-18(32-26-24(2)8-9-24)6-7-20(19)27(23(28)31)14-15-4-5-15/h3,6-7,12,15-17,26H,1,4-5,8-11,13-14H2,2H3,(H,25,29). The van der Waals surface area contributed by atoms with Crippen LogP contribution in [0.4, 0.5) is 0 Å². The van der Waals surface area contributed by atoms with E-state index >= 15 is 0 Å². The van der Waals surface area contributed by atoms with Gasteiger partial charge in [0, 0.05) is 29.6 Å². The Hall–Kier alpha value is -2.32. The molecule has 0 radical (unpaired) electrons. The minimum Gasteiger partial charge on any atom is -0.352 e. The monoisotopic (exact) mass is 454 g/mol. The zero-order chi connectivity index (χ0) is 22.5. The molecule has 7 nitrogen and oxygen atoms in total. The summed E-state index contributed by atoms with van der Waals surface area (Å²) < 4.78 is 6.78. The summed E-state index contributed by atoms with van der Waals surface area (Å²) in [6.45, 7) is 6.88. The van der Waals surface area contributed by atoms with Crippen LogP contribution in [0, 0.1) is 11.8 Å². The molecule has 3 aliphatic carbocycles. The third-order valence-corrected chi connectivity index (χ3v) is 8.11. The molecule has 2 N–H and O–H groups in total. The van der Waals surface area contributed by atoms with Gasteiger partial charge in [-0.05, 0) is 93.5 Å². The molecule has 3 fully saturated rings. The molecule has 1 heterocycles. The first-order chi connectivity index (χ1) is 15.4. The SMILES string of the molecule is C=CC(=O)NCC1CC(n2c(=O)c3cc(SNC4(C)CC4)ccc3n(CC3CC3)c2=O)C1. The van der Waals surface area contributed by atoms with Crippen LogP contribution in [0.25, 0.3) is 10.9 Å². The number of hydrogen-bond acceptors (Lipinski definition) is 5. The Kier molecular flexibility index (Phi) is 5.53. The van der Waals surface area contributed by atoms with Gasteiger partial charge in [0.2, 0.25) is 5.91 Å². The van der Waals surface area contributed by atoms with Crippen LogP contribution < -0.4 is 21.3 Å². The van der Waals surface area contributed by atoms with Crippen LogP contribution in [0.5, 0.6) is 0 Å². The maximum atomic E-state index is 13.5. The van der Waals surface area contributed by atoms with Gasteiger partial charge in [-0.15, -0.1) is 0 Å². The maximum absolute atomic E-state index is 13.5. The minimum atomic E-state index is -0.198. The maximum Gasteiger partial charge on any atom is 0.331 e. The van der Waals surface area contributed by atoms with Crippen LogP contribution in [-0.2, 0) is 11.3 Å². The van der Waals surface area contributed by atoms with Gasteiger partial charge in [0.1, 0.15) is 0 Å². The van der Waals surface area contributed by atoms with Crippen LogP contribution in [-0.4, -0.2) is 27.1 Å². The number of benzene rings is 1. The topological polar surface area (TPSA) is 85.1 Å². The van der Waals surface area contributed by atoms with Crippen LogP contribution in [0.2, 0.25) is 0 Å². The Morgan fingerprint density at radius 1 is 1.25 bits per heavy atom. The molecule has 3 saturated carbocycles. The molecular weight excluding hydrogens is 424 g/mol. The van der Waals surface area contributed by atoms with Crippen molar-refractivity contribution in [2.75, 3.05) is 6.54 Å². The average Bonchev–Trinajstić information content (AvgIpc) is 3.69. The molecule has 0 unspecified atom stereocenters. The largest absolute Gasteiger partial charge is 0.352 e. The van der Waals surface area contributed by atoms with E-state index in [-0.39, 0.29) is 34.7 Å². The number of nitrogens with zero attached hydrogens (tertiary/aromatic N) is 2. The number of aromatic nitrogens is 2. The molecule has 0 bridgehead atoms. The summed E-state index contributed by atoms with van der Waals surface area (Å²) in [5.74, 6) is 0.602. The van der Waals surface area contributed by atoms with Crippen LogP contribution in [0.15, 0.2) is 45.3 Å². The molecule has 8 heteroatoms. The van der Waals surface area contributed by atoms with E-state index in [0.29, 0.717) is 24.4 Å². The summed E-state index contributed by atoms with van der Waals surface area (Å²) in [6.07, 6.45) is 7.30. The van der Waals surface area contributed by atoms with E-state index in [1.165, 1.54) is 10.6 Å². The zero-order valence-corrected chi connectivity index (χ0v) is 19.2. The third kappa shape index (κ3) is 4.30. The van der Waals surface area contributed by atoms with Crippen molar-refractivity contribution in [3.63, 3.8) is 0 Å². The number of carbonyl (C=O) groups is 1. The molecule has 2 aromatic rings. The second-order valence-corrected chi connectivity index (χ2v) is 10.8. The summed E-state index contributed by atoms with van der Waals surface area (Å²) in [5, 5.41) is 3.42. The minimum absolute atomic E-state index is 0.115. The molecule has 0 atom stereocenters. The van der Waals surface area contributed by atoms with Crippen molar-refractivity contribution in [2.45, 2.75) is 68.5 Å². The lowest BCUT2D eigenvalue weighted by Gasteiger charge is -2.36. The average molecular weight is 455 g/mol. The van der Waals surface area contributed by atoms with Crippen molar-refractivity contribution in [3.8, 4) is 0 Å². The summed E-state index contributed by atoms with van der Waals surface area (Å²) in [6, 6.07) is 5.75. The first-order valence-electron chi connectivity index (χ1n) is 11.5. The Labute approximate surface area is 191 Å². The van der Waals surface area contributed by atoms with E-state index < -0.39 is 0 Å². The van der Waals surface area contributed by atoms with Crippen molar-refractivity contribution in [1.29, 1.82) is 0 Å². The first-order valence-corrected chi connectivity index (χ1v) is 12.3. The van der Waals surface area contributed by atoms with E-state index in [1.54, 1.807) is 11.9 Å². The highest BCUT2D eigenvalue weighted by molar-refractivity contribution is 7.97. The fourth-order valence-electron chi connectivity index (χ4n) is 4.36. The molecule has 1 amide bonds. The van der Waals surface area contributed by atoms with E-state index in [4.69, 9.17) is 0 Å². The van der Waals surface area contributed by atoms with Gasteiger partial charge in [0.25, 0.3) is 5.56 Å². The number of hydrogen-bond donors (Lipinski definition) is 2. The normalized spacial score (nSPS) is 23.5. The molecule has 170 valence electrons. The third-order valence-electron chi connectivity index (χ3n) is 7.02. The second-order valence-electron chi connectivity index (χ2n) is 9.90. The Bertz CT molecular complexity index is 1190. The van der Waals surface area contributed by atoms with Crippen molar-refractivity contribution < 1.29 is 4.79 Å². The molecule has 0 aliphatic heterocycles. The molecule has 1 aromatic heterocycles. The number of nitrogens with one attached hydrogen (secondary N) is 2. The Morgan fingerprint density at radius 3 is 2.66 bits per heavy atom. The summed E-state index contributed by atoms with van der Waals surface area (Å²) in [5.41, 5.74) is 0.527. The fourth-order valence-corrected chi connectivity index (χ4v) is 5.24. The van der Waals surface area contributed by atoms with Gasteiger partial charge in [0.05, 0.1) is 10.9 Å². The number of fused-ring (bicyclic) bond motifs is 1. The van der Waals surface area contributed by atoms with Crippen molar-refractivity contribution in [1.82, 2.24) is 19.2 Å². The lowest BCUT2D eigenvalue weighted by Crippen LogP contribution is -2.47. The van der Waals surface area contributed by atoms with E-state index in [2.05, 4.69) is 23.5 Å². The number of carbonyl (C=O) groups excluding carboxylic acids is 1. The summed E-state index contributed by atoms with van der Waals surface area (Å²) >= 11 is 1.56. The quantitative estimate of drug-likeness (QED) is 0.450. The van der Waals surface area contributed by atoms with E-state index in [1.807, 2.05) is 22.8 Å². The molecular formula is C24H30N4O3S. The molecule has 5 rings (SSSR count). The van der Waals surface area contributed by atoms with Gasteiger partial charge in [-0.25, -0.2) is 4.79 Å². The Balaban J connectivity index is 1.44. The number of rotatable bonds is 9. The van der Waals surface area contributed by atoms with Gasteiger partial charge in [-0.1, -0.05) is 6.58 Å². The predicted molar refractivity (Wildman–Crippen MR) is 127 cm³/mol. The van der Waals surface area contributed by atoms with Gasteiger partial charge >= 0.3 is 5.69 Å². The smallest absolute Gasteiger partial charge is 0.331 e. The highest BCUT2D eigenvalue weighted by atomic mass is 32.2.